The van der Waals surface area contributed by atoms with E-state index in [0.29, 0.717) is 6.04 Å². The number of nitrogens with one attached hydrogen (secondary N) is 1. The Kier molecular flexibility index (Phi) is 8.33. The second-order valence-electron chi connectivity index (χ2n) is 5.14. The highest BCUT2D eigenvalue weighted by atomic mass is 32.2. The fourth-order valence-corrected chi connectivity index (χ4v) is 4.12. The zero-order valence-corrected chi connectivity index (χ0v) is 12.5. The molecule has 0 radical (unpaired) electrons. The van der Waals surface area contributed by atoms with E-state index < -0.39 is 0 Å². The summed E-state index contributed by atoms with van der Waals surface area (Å²) in [5.74, 6) is 2.07. The molecule has 2 nitrogen and oxygen atoms in total. The van der Waals surface area contributed by atoms with Gasteiger partial charge < -0.3 is 10.1 Å². The Hall–Kier alpha value is 0.270. The molecular weight excluding hydrogens is 230 g/mol. The predicted octanol–water partition coefficient (Wildman–Crippen LogP) is 3.31. The van der Waals surface area contributed by atoms with Crippen LogP contribution in [0, 0.1) is 5.92 Å². The van der Waals surface area contributed by atoms with E-state index in [4.69, 9.17) is 4.74 Å². The van der Waals surface area contributed by atoms with Crippen LogP contribution < -0.4 is 5.32 Å². The third kappa shape index (κ3) is 5.62. The first-order valence-corrected chi connectivity index (χ1v) is 8.18. The van der Waals surface area contributed by atoms with Gasteiger partial charge in [0.25, 0.3) is 0 Å². The van der Waals surface area contributed by atoms with Crippen LogP contribution >= 0.6 is 11.8 Å². The van der Waals surface area contributed by atoms with E-state index in [1.165, 1.54) is 37.9 Å². The van der Waals surface area contributed by atoms with Crippen LogP contribution in [-0.4, -0.2) is 37.3 Å². The average Bonchev–Trinajstić information content (AvgIpc) is 2.38. The van der Waals surface area contributed by atoms with Crippen molar-refractivity contribution >= 4 is 11.8 Å². The molecule has 0 bridgehead atoms. The van der Waals surface area contributed by atoms with Crippen LogP contribution in [-0.2, 0) is 4.74 Å². The molecule has 17 heavy (non-hydrogen) atoms. The summed E-state index contributed by atoms with van der Waals surface area (Å²) >= 11 is 2.18. The van der Waals surface area contributed by atoms with E-state index in [1.807, 2.05) is 0 Å². The molecule has 1 heterocycles. The van der Waals surface area contributed by atoms with E-state index >= 15 is 0 Å². The van der Waals surface area contributed by atoms with Gasteiger partial charge in [0.05, 0.1) is 0 Å². The number of rotatable bonds is 8. The van der Waals surface area contributed by atoms with Crippen molar-refractivity contribution in [3.05, 3.63) is 0 Å². The maximum atomic E-state index is 5.22. The van der Waals surface area contributed by atoms with Gasteiger partial charge >= 0.3 is 0 Å². The van der Waals surface area contributed by atoms with Crippen LogP contribution in [0.25, 0.3) is 0 Å². The monoisotopic (exact) mass is 259 g/mol. The van der Waals surface area contributed by atoms with Crippen LogP contribution in [0.15, 0.2) is 0 Å². The topological polar surface area (TPSA) is 21.3 Å². The highest BCUT2D eigenvalue weighted by molar-refractivity contribution is 8.00. The van der Waals surface area contributed by atoms with Gasteiger partial charge in [0.1, 0.15) is 0 Å². The molecule has 1 aliphatic heterocycles. The number of hydrogen-bond acceptors (Lipinski definition) is 3. The summed E-state index contributed by atoms with van der Waals surface area (Å²) < 4.78 is 5.22. The molecule has 0 saturated carbocycles. The molecule has 0 aliphatic carbocycles. The molecular formula is C14H29NOS. The van der Waals surface area contributed by atoms with Gasteiger partial charge in [0.2, 0.25) is 0 Å². The smallest absolute Gasteiger partial charge is 0.0465 e. The van der Waals surface area contributed by atoms with E-state index in [0.717, 1.165) is 24.3 Å². The van der Waals surface area contributed by atoms with E-state index in [9.17, 15) is 0 Å². The van der Waals surface area contributed by atoms with Crippen molar-refractivity contribution in [1.29, 1.82) is 0 Å². The first-order valence-electron chi connectivity index (χ1n) is 7.13. The lowest BCUT2D eigenvalue weighted by molar-refractivity contribution is 0.168. The SMILES string of the molecule is CCCNC(C(C)CCOC)C1CCCCS1. The summed E-state index contributed by atoms with van der Waals surface area (Å²) in [4.78, 5) is 0. The van der Waals surface area contributed by atoms with Crippen LogP contribution in [0.2, 0.25) is 0 Å². The van der Waals surface area contributed by atoms with Crippen molar-refractivity contribution in [3.63, 3.8) is 0 Å². The normalized spacial score (nSPS) is 24.5. The zero-order valence-electron chi connectivity index (χ0n) is 11.7. The number of hydrogen-bond donors (Lipinski definition) is 1. The van der Waals surface area contributed by atoms with Gasteiger partial charge in [-0.25, -0.2) is 0 Å². The molecule has 1 saturated heterocycles. The predicted molar refractivity (Wildman–Crippen MR) is 77.8 cm³/mol. The van der Waals surface area contributed by atoms with Crippen LogP contribution in [0.4, 0.5) is 0 Å². The first kappa shape index (κ1) is 15.3. The quantitative estimate of drug-likeness (QED) is 0.722. The molecule has 1 aliphatic rings. The van der Waals surface area contributed by atoms with E-state index in [2.05, 4.69) is 30.9 Å². The van der Waals surface area contributed by atoms with E-state index in [-0.39, 0.29) is 0 Å². The minimum Gasteiger partial charge on any atom is -0.385 e. The van der Waals surface area contributed by atoms with Crippen molar-refractivity contribution in [1.82, 2.24) is 5.32 Å². The van der Waals surface area contributed by atoms with Crippen molar-refractivity contribution in [2.24, 2.45) is 5.92 Å². The lowest BCUT2D eigenvalue weighted by atomic mass is 9.92. The fourth-order valence-electron chi connectivity index (χ4n) is 2.54. The molecule has 3 heteroatoms. The molecule has 1 fully saturated rings. The molecule has 1 N–H and O–H groups in total. The van der Waals surface area contributed by atoms with Gasteiger partial charge in [0.15, 0.2) is 0 Å². The van der Waals surface area contributed by atoms with Crippen LogP contribution in [0.5, 0.6) is 0 Å². The Morgan fingerprint density at radius 3 is 2.82 bits per heavy atom. The molecule has 0 amide bonds. The summed E-state index contributed by atoms with van der Waals surface area (Å²) in [6, 6.07) is 0.676. The number of methoxy groups -OCH3 is 1. The summed E-state index contributed by atoms with van der Waals surface area (Å²) in [5, 5.41) is 4.59. The Balaban J connectivity index is 2.44. The molecule has 0 aromatic heterocycles. The second-order valence-corrected chi connectivity index (χ2v) is 6.49. The van der Waals surface area contributed by atoms with Crippen LogP contribution in [0.1, 0.15) is 46.0 Å². The minimum absolute atomic E-state index is 0.676. The first-order chi connectivity index (χ1) is 8.29. The van der Waals surface area contributed by atoms with Gasteiger partial charge in [-0.2, -0.15) is 11.8 Å². The van der Waals surface area contributed by atoms with Gasteiger partial charge in [-0.15, -0.1) is 0 Å². The van der Waals surface area contributed by atoms with Gasteiger partial charge in [-0.1, -0.05) is 20.3 Å². The maximum Gasteiger partial charge on any atom is 0.0465 e. The lowest BCUT2D eigenvalue weighted by Gasteiger charge is -2.34. The molecule has 0 spiro atoms. The van der Waals surface area contributed by atoms with Gasteiger partial charge in [-0.3, -0.25) is 0 Å². The lowest BCUT2D eigenvalue weighted by Crippen LogP contribution is -2.44. The van der Waals surface area contributed by atoms with Crippen molar-refractivity contribution in [3.8, 4) is 0 Å². The molecule has 0 aromatic rings. The Morgan fingerprint density at radius 2 is 2.24 bits per heavy atom. The van der Waals surface area contributed by atoms with Gasteiger partial charge in [-0.05, 0) is 43.9 Å². The Morgan fingerprint density at radius 1 is 1.41 bits per heavy atom. The molecule has 102 valence electrons. The average molecular weight is 259 g/mol. The fraction of sp³-hybridized carbons (Fsp3) is 1.00. The summed E-state index contributed by atoms with van der Waals surface area (Å²) in [5.41, 5.74) is 0. The van der Waals surface area contributed by atoms with Crippen LogP contribution in [0.3, 0.4) is 0 Å². The third-order valence-corrected chi connectivity index (χ3v) is 5.12. The standard InChI is InChI=1S/C14H29NOS/c1-4-9-15-14(12(2)8-10-16-3)13-7-5-6-11-17-13/h12-15H,4-11H2,1-3H3. The minimum atomic E-state index is 0.676. The van der Waals surface area contributed by atoms with E-state index in [1.54, 1.807) is 7.11 Å². The maximum absolute atomic E-state index is 5.22. The Bertz CT molecular complexity index is 183. The molecule has 0 aromatic carbocycles. The molecule has 1 rings (SSSR count). The van der Waals surface area contributed by atoms with Crippen molar-refractivity contribution in [2.45, 2.75) is 57.2 Å². The third-order valence-electron chi connectivity index (χ3n) is 3.64. The summed E-state index contributed by atoms with van der Waals surface area (Å²) in [7, 11) is 1.80. The van der Waals surface area contributed by atoms with Gasteiger partial charge in [0, 0.05) is 25.0 Å². The zero-order chi connectivity index (χ0) is 12.5. The second kappa shape index (κ2) is 9.23. The number of thioether (sulfide) groups is 1. The largest absolute Gasteiger partial charge is 0.385 e. The van der Waals surface area contributed by atoms with Crippen molar-refractivity contribution < 1.29 is 4.74 Å². The highest BCUT2D eigenvalue weighted by Crippen LogP contribution is 2.31. The summed E-state index contributed by atoms with van der Waals surface area (Å²) in [6.45, 7) is 6.67. The molecule has 3 atom stereocenters. The Labute approximate surface area is 111 Å². The highest BCUT2D eigenvalue weighted by Gasteiger charge is 2.27. The summed E-state index contributed by atoms with van der Waals surface area (Å²) in [6.07, 6.45) is 6.62. The van der Waals surface area contributed by atoms with Crippen molar-refractivity contribution in [2.75, 3.05) is 26.0 Å². The molecule has 3 unspecified atom stereocenters. The number of ether oxygens (including phenoxy) is 1.